The molecule has 6 heteroatoms. The van der Waals surface area contributed by atoms with E-state index >= 15 is 0 Å². The Kier molecular flexibility index (Phi) is 6.15. The summed E-state index contributed by atoms with van der Waals surface area (Å²) in [7, 11) is 0. The molecular formula is C22H24ClN3O2. The first kappa shape index (κ1) is 20.1. The summed E-state index contributed by atoms with van der Waals surface area (Å²) in [6.45, 7) is 6.92. The van der Waals surface area contributed by atoms with Crippen LogP contribution < -0.4 is 5.56 Å². The molecule has 3 rings (SSSR count). The van der Waals surface area contributed by atoms with Gasteiger partial charge in [0.25, 0.3) is 11.5 Å². The number of amides is 1. The maximum absolute atomic E-state index is 13.1. The van der Waals surface area contributed by atoms with Gasteiger partial charge in [-0.25, -0.2) is 4.98 Å². The zero-order chi connectivity index (χ0) is 20.3. The maximum Gasteiger partial charge on any atom is 0.261 e. The van der Waals surface area contributed by atoms with Gasteiger partial charge in [0.1, 0.15) is 5.82 Å². The van der Waals surface area contributed by atoms with Gasteiger partial charge < -0.3 is 4.90 Å². The van der Waals surface area contributed by atoms with Crippen LogP contribution in [0.4, 0.5) is 0 Å². The predicted octanol–water partition coefficient (Wildman–Crippen LogP) is 4.68. The molecule has 1 aromatic heterocycles. The molecule has 0 saturated heterocycles. The largest absolute Gasteiger partial charge is 0.329 e. The molecule has 0 bridgehead atoms. The van der Waals surface area contributed by atoms with Crippen molar-refractivity contribution in [1.82, 2.24) is 14.5 Å². The number of hydrogen-bond donors (Lipinski definition) is 0. The minimum absolute atomic E-state index is 0.0655. The molecular weight excluding hydrogens is 374 g/mol. The molecule has 146 valence electrons. The first-order valence-electron chi connectivity index (χ1n) is 9.53. The lowest BCUT2D eigenvalue weighted by atomic mass is 10.1. The number of benzene rings is 2. The van der Waals surface area contributed by atoms with Crippen LogP contribution in [0.2, 0.25) is 5.02 Å². The molecule has 0 N–H and O–H groups in total. The van der Waals surface area contributed by atoms with E-state index in [0.717, 1.165) is 6.42 Å². The van der Waals surface area contributed by atoms with E-state index in [1.165, 1.54) is 0 Å². The van der Waals surface area contributed by atoms with Crippen LogP contribution in [-0.2, 0) is 6.54 Å². The van der Waals surface area contributed by atoms with Gasteiger partial charge in [-0.15, -0.1) is 0 Å². The van der Waals surface area contributed by atoms with Gasteiger partial charge in [0.2, 0.25) is 0 Å². The number of aromatic nitrogens is 2. The Balaban J connectivity index is 2.08. The van der Waals surface area contributed by atoms with Gasteiger partial charge in [-0.2, -0.15) is 0 Å². The van der Waals surface area contributed by atoms with E-state index in [9.17, 15) is 9.59 Å². The van der Waals surface area contributed by atoms with Crippen molar-refractivity contribution in [3.05, 3.63) is 75.3 Å². The summed E-state index contributed by atoms with van der Waals surface area (Å²) in [5.74, 6) is 0.492. The van der Waals surface area contributed by atoms with Crippen molar-refractivity contribution in [3.63, 3.8) is 0 Å². The third-order valence-corrected chi connectivity index (χ3v) is 5.12. The summed E-state index contributed by atoms with van der Waals surface area (Å²) in [5, 5.41) is 1.18. The molecule has 1 amide bonds. The van der Waals surface area contributed by atoms with Crippen LogP contribution >= 0.6 is 11.6 Å². The van der Waals surface area contributed by atoms with Crippen molar-refractivity contribution in [2.24, 2.45) is 0 Å². The molecule has 1 heterocycles. The molecule has 0 aliphatic rings. The number of fused-ring (bicyclic) bond motifs is 1. The van der Waals surface area contributed by atoms with Crippen molar-refractivity contribution in [2.75, 3.05) is 6.54 Å². The fourth-order valence-electron chi connectivity index (χ4n) is 3.43. The zero-order valence-corrected chi connectivity index (χ0v) is 17.1. The first-order valence-corrected chi connectivity index (χ1v) is 9.91. The second kappa shape index (κ2) is 8.57. The molecule has 1 unspecified atom stereocenters. The molecule has 5 nitrogen and oxygen atoms in total. The van der Waals surface area contributed by atoms with Crippen LogP contribution in [0.3, 0.4) is 0 Å². The molecule has 0 radical (unpaired) electrons. The third-order valence-electron chi connectivity index (χ3n) is 4.87. The number of nitrogens with zero attached hydrogens (tertiary/aromatic N) is 3. The summed E-state index contributed by atoms with van der Waals surface area (Å²) in [5.41, 5.74) is 1.14. The van der Waals surface area contributed by atoms with Gasteiger partial charge in [-0.05, 0) is 56.7 Å². The van der Waals surface area contributed by atoms with E-state index in [4.69, 9.17) is 16.6 Å². The Labute approximate surface area is 169 Å². The van der Waals surface area contributed by atoms with Gasteiger partial charge in [-0.3, -0.25) is 14.2 Å². The molecule has 0 aliphatic carbocycles. The van der Waals surface area contributed by atoms with Crippen LogP contribution in [0, 0.1) is 0 Å². The van der Waals surface area contributed by atoms with Gasteiger partial charge in [-0.1, -0.05) is 30.7 Å². The molecule has 2 aromatic carbocycles. The third kappa shape index (κ3) is 3.80. The minimum atomic E-state index is -0.350. The van der Waals surface area contributed by atoms with Crippen LogP contribution in [-0.4, -0.2) is 26.9 Å². The lowest BCUT2D eigenvalue weighted by Crippen LogP contribution is -2.37. The fourth-order valence-corrected chi connectivity index (χ4v) is 3.56. The van der Waals surface area contributed by atoms with Crippen LogP contribution in [0.1, 0.15) is 49.4 Å². The van der Waals surface area contributed by atoms with Crippen molar-refractivity contribution in [2.45, 2.75) is 39.8 Å². The highest BCUT2D eigenvalue weighted by Gasteiger charge is 2.25. The summed E-state index contributed by atoms with van der Waals surface area (Å²) >= 11 is 5.94. The molecule has 1 atom stereocenters. The van der Waals surface area contributed by atoms with Gasteiger partial charge >= 0.3 is 0 Å². The van der Waals surface area contributed by atoms with E-state index in [-0.39, 0.29) is 17.5 Å². The average molecular weight is 398 g/mol. The number of rotatable bonds is 6. The lowest BCUT2D eigenvalue weighted by molar-refractivity contribution is 0.0691. The van der Waals surface area contributed by atoms with Crippen molar-refractivity contribution in [3.8, 4) is 0 Å². The van der Waals surface area contributed by atoms with E-state index in [1.54, 1.807) is 39.8 Å². The van der Waals surface area contributed by atoms with E-state index in [2.05, 4.69) is 0 Å². The monoisotopic (exact) mass is 397 g/mol. The standard InChI is InChI=1S/C22H24ClN3O2/c1-4-14-26-20(24-19-9-7-6-8-18(19)22(26)28)15(3)25(5-2)21(27)16-10-12-17(23)13-11-16/h6-13,15H,4-5,14H2,1-3H3. The number of para-hydroxylation sites is 1. The molecule has 28 heavy (non-hydrogen) atoms. The van der Waals surface area contributed by atoms with Crippen LogP contribution in [0.25, 0.3) is 10.9 Å². The quantitative estimate of drug-likeness (QED) is 0.606. The van der Waals surface area contributed by atoms with Crippen molar-refractivity contribution in [1.29, 1.82) is 0 Å². The normalized spacial score (nSPS) is 12.1. The highest BCUT2D eigenvalue weighted by atomic mass is 35.5. The van der Waals surface area contributed by atoms with Gasteiger partial charge in [0.05, 0.1) is 16.9 Å². The van der Waals surface area contributed by atoms with Crippen molar-refractivity contribution < 1.29 is 4.79 Å². The number of carbonyl (C=O) groups is 1. The number of halogens is 1. The Morgan fingerprint density at radius 2 is 1.82 bits per heavy atom. The molecule has 0 fully saturated rings. The SMILES string of the molecule is CCCn1c(C(C)N(CC)C(=O)c2ccc(Cl)cc2)nc2ccccc2c1=O. The Morgan fingerprint density at radius 1 is 1.14 bits per heavy atom. The molecule has 0 aliphatic heterocycles. The Morgan fingerprint density at radius 3 is 2.46 bits per heavy atom. The summed E-state index contributed by atoms with van der Waals surface area (Å²) < 4.78 is 1.70. The number of hydrogen-bond acceptors (Lipinski definition) is 3. The Bertz CT molecular complexity index is 1040. The molecule has 3 aromatic rings. The smallest absolute Gasteiger partial charge is 0.261 e. The van der Waals surface area contributed by atoms with Gasteiger partial charge in [0, 0.05) is 23.7 Å². The first-order chi connectivity index (χ1) is 13.5. The van der Waals surface area contributed by atoms with E-state index in [1.807, 2.05) is 39.0 Å². The minimum Gasteiger partial charge on any atom is -0.329 e. The second-order valence-electron chi connectivity index (χ2n) is 6.72. The topological polar surface area (TPSA) is 55.2 Å². The van der Waals surface area contributed by atoms with Crippen molar-refractivity contribution >= 4 is 28.4 Å². The van der Waals surface area contributed by atoms with E-state index < -0.39 is 0 Å². The Hall–Kier alpha value is -2.66. The zero-order valence-electron chi connectivity index (χ0n) is 16.4. The second-order valence-corrected chi connectivity index (χ2v) is 7.15. The number of carbonyl (C=O) groups excluding carboxylic acids is 1. The van der Waals surface area contributed by atoms with Crippen LogP contribution in [0.5, 0.6) is 0 Å². The summed E-state index contributed by atoms with van der Waals surface area (Å²) in [6.07, 6.45) is 0.802. The van der Waals surface area contributed by atoms with E-state index in [0.29, 0.717) is 40.4 Å². The maximum atomic E-state index is 13.1. The highest BCUT2D eigenvalue weighted by Crippen LogP contribution is 2.23. The van der Waals surface area contributed by atoms with Gasteiger partial charge in [0.15, 0.2) is 0 Å². The molecule has 0 spiro atoms. The predicted molar refractivity (Wildman–Crippen MR) is 113 cm³/mol. The fraction of sp³-hybridized carbons (Fsp3) is 0.318. The average Bonchev–Trinajstić information content (AvgIpc) is 2.71. The lowest BCUT2D eigenvalue weighted by Gasteiger charge is -2.29. The summed E-state index contributed by atoms with van der Waals surface area (Å²) in [6, 6.07) is 13.8. The molecule has 0 saturated carbocycles. The van der Waals surface area contributed by atoms with Crippen LogP contribution in [0.15, 0.2) is 53.3 Å². The highest BCUT2D eigenvalue weighted by molar-refractivity contribution is 6.30. The summed E-state index contributed by atoms with van der Waals surface area (Å²) in [4.78, 5) is 32.6.